The fourth-order valence-electron chi connectivity index (χ4n) is 1.54. The fourth-order valence-corrected chi connectivity index (χ4v) is 3.26. The molecule has 0 unspecified atom stereocenters. The molecule has 0 amide bonds. The summed E-state index contributed by atoms with van der Waals surface area (Å²) in [7, 11) is -1.01. The molecule has 1 heteroatoms. The van der Waals surface area contributed by atoms with Crippen LogP contribution in [0.15, 0.2) is 60.7 Å². The summed E-state index contributed by atoms with van der Waals surface area (Å²) < 4.78 is 0. The predicted molar refractivity (Wildman–Crippen MR) is 66.7 cm³/mol. The van der Waals surface area contributed by atoms with E-state index in [4.69, 9.17) is 6.42 Å². The minimum atomic E-state index is -1.01. The maximum Gasteiger partial charge on any atom is 0.212 e. The minimum Gasteiger partial charge on any atom is -0.127 e. The smallest absolute Gasteiger partial charge is 0.127 e. The van der Waals surface area contributed by atoms with E-state index in [0.29, 0.717) is 0 Å². The van der Waals surface area contributed by atoms with Crippen LogP contribution in [-0.4, -0.2) is 8.80 Å². The molecule has 0 bridgehead atoms. The Hall–Kier alpha value is -1.78. The van der Waals surface area contributed by atoms with Gasteiger partial charge in [-0.1, -0.05) is 60.7 Å². The van der Waals surface area contributed by atoms with Crippen molar-refractivity contribution < 1.29 is 0 Å². The van der Waals surface area contributed by atoms with Gasteiger partial charge in [0.15, 0.2) is 0 Å². The maximum atomic E-state index is 5.63. The Kier molecular flexibility index (Phi) is 3.01. The first kappa shape index (κ1) is 9.76. The van der Waals surface area contributed by atoms with E-state index in [1.54, 1.807) is 0 Å². The van der Waals surface area contributed by atoms with Crippen molar-refractivity contribution in [3.63, 3.8) is 0 Å². The van der Waals surface area contributed by atoms with E-state index in [1.807, 2.05) is 36.4 Å². The quantitative estimate of drug-likeness (QED) is 0.517. The van der Waals surface area contributed by atoms with Crippen molar-refractivity contribution in [2.45, 2.75) is 0 Å². The molecule has 0 spiro atoms. The van der Waals surface area contributed by atoms with Gasteiger partial charge in [-0.05, 0) is 10.4 Å². The lowest BCUT2D eigenvalue weighted by molar-refractivity contribution is 1.74. The third-order valence-corrected chi connectivity index (χ3v) is 4.38. The van der Waals surface area contributed by atoms with Crippen molar-refractivity contribution in [1.29, 1.82) is 0 Å². The molecule has 15 heavy (non-hydrogen) atoms. The summed E-state index contributed by atoms with van der Waals surface area (Å²) in [4.78, 5) is 0. The predicted octanol–water partition coefficient (Wildman–Crippen LogP) is 1.47. The van der Waals surface area contributed by atoms with E-state index in [9.17, 15) is 0 Å². The first-order chi connectivity index (χ1) is 7.42. The molecule has 2 aromatic rings. The van der Waals surface area contributed by atoms with Gasteiger partial charge in [-0.15, -0.1) is 12.0 Å². The van der Waals surface area contributed by atoms with E-state index in [1.165, 1.54) is 10.4 Å². The molecule has 0 N–H and O–H groups in total. The highest BCUT2D eigenvalue weighted by atomic mass is 28.3. The van der Waals surface area contributed by atoms with Crippen LogP contribution in [0.1, 0.15) is 0 Å². The summed E-state index contributed by atoms with van der Waals surface area (Å²) in [6, 6.07) is 20.7. The topological polar surface area (TPSA) is 0 Å². The highest BCUT2D eigenvalue weighted by molar-refractivity contribution is 6.91. The number of hydrogen-bond acceptors (Lipinski definition) is 0. The maximum absolute atomic E-state index is 5.63. The van der Waals surface area contributed by atoms with E-state index in [-0.39, 0.29) is 0 Å². The highest BCUT2D eigenvalue weighted by Crippen LogP contribution is 1.91. The van der Waals surface area contributed by atoms with E-state index in [0.717, 1.165) is 0 Å². The zero-order chi connectivity index (χ0) is 10.5. The molecule has 1 radical (unpaired) electrons. The lowest BCUT2D eigenvalue weighted by atomic mass is 10.4. The third kappa shape index (κ3) is 2.17. The van der Waals surface area contributed by atoms with Gasteiger partial charge >= 0.3 is 0 Å². The second-order valence-corrected chi connectivity index (χ2v) is 5.44. The molecule has 0 fully saturated rings. The van der Waals surface area contributed by atoms with Crippen LogP contribution in [0.3, 0.4) is 0 Å². The van der Waals surface area contributed by atoms with Crippen LogP contribution >= 0.6 is 0 Å². The Morgan fingerprint density at radius 2 is 1.13 bits per heavy atom. The first-order valence-electron chi connectivity index (χ1n) is 4.86. The molecule has 2 rings (SSSR count). The van der Waals surface area contributed by atoms with Crippen molar-refractivity contribution >= 4 is 19.2 Å². The summed E-state index contributed by atoms with van der Waals surface area (Å²) in [5.41, 5.74) is 2.94. The van der Waals surface area contributed by atoms with Crippen LogP contribution in [0.25, 0.3) is 0 Å². The van der Waals surface area contributed by atoms with Gasteiger partial charge in [0.1, 0.15) is 0 Å². The van der Waals surface area contributed by atoms with Gasteiger partial charge in [-0.3, -0.25) is 0 Å². The molecule has 2 aromatic carbocycles. The molecule has 0 nitrogen and oxygen atoms in total. The van der Waals surface area contributed by atoms with Crippen LogP contribution in [0, 0.1) is 12.0 Å². The highest BCUT2D eigenvalue weighted by Gasteiger charge is 2.12. The zero-order valence-corrected chi connectivity index (χ0v) is 9.35. The average Bonchev–Trinajstić information content (AvgIpc) is 2.33. The monoisotopic (exact) mass is 207 g/mol. The summed E-state index contributed by atoms with van der Waals surface area (Å²) in [5.74, 6) is 0. The normalized spacial score (nSPS) is 9.87. The van der Waals surface area contributed by atoms with Crippen LogP contribution < -0.4 is 10.4 Å². The van der Waals surface area contributed by atoms with Crippen LogP contribution in [0.5, 0.6) is 0 Å². The Balaban J connectivity index is 2.39. The largest absolute Gasteiger partial charge is 0.212 e. The van der Waals surface area contributed by atoms with Gasteiger partial charge in [-0.2, -0.15) is 0 Å². The van der Waals surface area contributed by atoms with Gasteiger partial charge in [0.2, 0.25) is 8.80 Å². The summed E-state index contributed by atoms with van der Waals surface area (Å²) in [5, 5.41) is 2.55. The molecule has 0 aliphatic heterocycles. The Morgan fingerprint density at radius 3 is 1.47 bits per heavy atom. The van der Waals surface area contributed by atoms with Gasteiger partial charge < -0.3 is 0 Å². The fraction of sp³-hybridized carbons (Fsp3) is 0. The van der Waals surface area contributed by atoms with Gasteiger partial charge in [0.25, 0.3) is 0 Å². The first-order valence-corrected chi connectivity index (χ1v) is 6.36. The Labute approximate surface area is 92.2 Å². The van der Waals surface area contributed by atoms with Crippen molar-refractivity contribution in [2.75, 3.05) is 0 Å². The van der Waals surface area contributed by atoms with Crippen LogP contribution in [0.4, 0.5) is 0 Å². The third-order valence-electron chi connectivity index (χ3n) is 2.27. The number of rotatable bonds is 2. The number of terminal acetylenes is 1. The molecule has 0 aliphatic rings. The molecule has 0 saturated carbocycles. The number of hydrogen-bond donors (Lipinski definition) is 0. The van der Waals surface area contributed by atoms with Crippen LogP contribution in [0.2, 0.25) is 0 Å². The molecule has 71 valence electrons. The van der Waals surface area contributed by atoms with Crippen molar-refractivity contribution in [3.05, 3.63) is 60.7 Å². The molecule has 0 aliphatic carbocycles. The molecule has 0 atom stereocenters. The van der Waals surface area contributed by atoms with Gasteiger partial charge in [-0.25, -0.2) is 0 Å². The summed E-state index contributed by atoms with van der Waals surface area (Å²) >= 11 is 0. The number of benzene rings is 2. The Morgan fingerprint density at radius 1 is 0.733 bits per heavy atom. The lowest BCUT2D eigenvalue weighted by Gasteiger charge is -2.08. The van der Waals surface area contributed by atoms with Crippen molar-refractivity contribution in [3.8, 4) is 12.0 Å². The standard InChI is InChI=1S/C14H11Si/c1-2-15(13-9-5-3-6-10-13)14-11-7-4-8-12-14/h1,3-12H. The van der Waals surface area contributed by atoms with E-state index >= 15 is 0 Å². The lowest BCUT2D eigenvalue weighted by Crippen LogP contribution is -2.40. The Bertz CT molecular complexity index is 414. The SMILES string of the molecule is C#C[Si](c1ccccc1)c1ccccc1. The van der Waals surface area contributed by atoms with E-state index < -0.39 is 8.80 Å². The summed E-state index contributed by atoms with van der Waals surface area (Å²) in [6.45, 7) is 0. The minimum absolute atomic E-state index is 1.01. The van der Waals surface area contributed by atoms with E-state index in [2.05, 4.69) is 29.8 Å². The average molecular weight is 207 g/mol. The molecule has 0 aromatic heterocycles. The van der Waals surface area contributed by atoms with Crippen molar-refractivity contribution in [1.82, 2.24) is 0 Å². The molecule has 0 heterocycles. The summed E-state index contributed by atoms with van der Waals surface area (Å²) in [6.07, 6.45) is 5.63. The van der Waals surface area contributed by atoms with Crippen molar-refractivity contribution in [2.24, 2.45) is 0 Å². The zero-order valence-electron chi connectivity index (χ0n) is 8.35. The van der Waals surface area contributed by atoms with Gasteiger partial charge in [0, 0.05) is 0 Å². The molecular weight excluding hydrogens is 196 g/mol. The van der Waals surface area contributed by atoms with Crippen LogP contribution in [-0.2, 0) is 0 Å². The van der Waals surface area contributed by atoms with Gasteiger partial charge in [0.05, 0.1) is 0 Å². The molecular formula is C14H11Si. The molecule has 0 saturated heterocycles. The second-order valence-electron chi connectivity index (χ2n) is 3.25. The second kappa shape index (κ2) is 4.63.